The molecule has 0 spiro atoms. The van der Waals surface area contributed by atoms with Crippen LogP contribution in [0.5, 0.6) is 0 Å². The van der Waals surface area contributed by atoms with Gasteiger partial charge in [-0.2, -0.15) is 0 Å². The van der Waals surface area contributed by atoms with Gasteiger partial charge in [0.1, 0.15) is 12.7 Å². The minimum Gasteiger partial charge on any atom is -0.463 e. The molecule has 0 heterocycles. The molecule has 0 saturated heterocycles. The Morgan fingerprint density at radius 1 is 1.00 bits per heavy atom. The van der Waals surface area contributed by atoms with E-state index in [0.717, 1.165) is 12.8 Å². The summed E-state index contributed by atoms with van der Waals surface area (Å²) in [5, 5.41) is 17.9. The van der Waals surface area contributed by atoms with Crippen LogP contribution in [0.15, 0.2) is 0 Å². The van der Waals surface area contributed by atoms with Crippen molar-refractivity contribution in [2.75, 3.05) is 39.6 Å². The second-order valence-electron chi connectivity index (χ2n) is 4.91. The van der Waals surface area contributed by atoms with Gasteiger partial charge in [-0.3, -0.25) is 4.79 Å². The molecule has 0 amide bonds. The number of aliphatic hydroxyl groups excluding tert-OH is 2. The lowest BCUT2D eigenvalue weighted by molar-refractivity contribution is -0.145. The Bertz CT molecular complexity index is 234. The Morgan fingerprint density at radius 2 is 1.67 bits per heavy atom. The monoisotopic (exact) mass is 306 g/mol. The molecule has 1 unspecified atom stereocenters. The van der Waals surface area contributed by atoms with E-state index in [0.29, 0.717) is 6.42 Å². The maximum atomic E-state index is 11.4. The third kappa shape index (κ3) is 15.5. The molecule has 0 aliphatic carbocycles. The average molecular weight is 306 g/mol. The summed E-state index contributed by atoms with van der Waals surface area (Å²) in [6.07, 6.45) is 5.25. The first-order valence-corrected chi connectivity index (χ1v) is 7.80. The Kier molecular flexibility index (Phi) is 15.2. The van der Waals surface area contributed by atoms with Gasteiger partial charge in [-0.15, -0.1) is 0 Å². The zero-order valence-electron chi connectivity index (χ0n) is 13.1. The molecule has 21 heavy (non-hydrogen) atoms. The van der Waals surface area contributed by atoms with Crippen LogP contribution in [0.25, 0.3) is 0 Å². The van der Waals surface area contributed by atoms with E-state index >= 15 is 0 Å². The van der Waals surface area contributed by atoms with E-state index in [4.69, 9.17) is 19.3 Å². The Balaban J connectivity index is 3.27. The van der Waals surface area contributed by atoms with Crippen molar-refractivity contribution in [1.82, 2.24) is 0 Å². The number of hydrogen-bond donors (Lipinski definition) is 2. The number of carbonyl (C=O) groups is 1. The largest absolute Gasteiger partial charge is 0.463 e. The Labute approximate surface area is 127 Å². The van der Waals surface area contributed by atoms with Gasteiger partial charge in [-0.1, -0.05) is 32.6 Å². The molecule has 6 nitrogen and oxygen atoms in total. The summed E-state index contributed by atoms with van der Waals surface area (Å²) < 4.78 is 15.1. The first kappa shape index (κ1) is 20.3. The second kappa shape index (κ2) is 15.7. The van der Waals surface area contributed by atoms with Gasteiger partial charge in [-0.05, 0) is 6.42 Å². The molecule has 126 valence electrons. The van der Waals surface area contributed by atoms with Gasteiger partial charge in [-0.25, -0.2) is 0 Å². The number of hydrogen-bond acceptors (Lipinski definition) is 6. The molecule has 0 bridgehead atoms. The van der Waals surface area contributed by atoms with Crippen molar-refractivity contribution in [1.29, 1.82) is 0 Å². The molecule has 0 radical (unpaired) electrons. The van der Waals surface area contributed by atoms with Gasteiger partial charge in [0.2, 0.25) is 0 Å². The SMILES string of the molecule is CCCCCCCC(=O)OCCOCC(O)COCCO. The first-order chi connectivity index (χ1) is 10.2. The predicted octanol–water partition coefficient (Wildman–Crippen LogP) is 1.28. The lowest BCUT2D eigenvalue weighted by atomic mass is 10.1. The molecule has 0 saturated carbocycles. The van der Waals surface area contributed by atoms with Crippen LogP contribution in [0.2, 0.25) is 0 Å². The highest BCUT2D eigenvalue weighted by molar-refractivity contribution is 5.69. The molecule has 0 rings (SSSR count). The van der Waals surface area contributed by atoms with E-state index in [9.17, 15) is 9.90 Å². The molecule has 0 aromatic carbocycles. The molecule has 0 aromatic rings. The average Bonchev–Trinajstić information content (AvgIpc) is 2.47. The fraction of sp³-hybridized carbons (Fsp3) is 0.933. The third-order valence-electron chi connectivity index (χ3n) is 2.83. The first-order valence-electron chi connectivity index (χ1n) is 7.80. The van der Waals surface area contributed by atoms with Crippen LogP contribution in [-0.2, 0) is 19.0 Å². The van der Waals surface area contributed by atoms with Gasteiger partial charge in [0, 0.05) is 6.42 Å². The number of unbranched alkanes of at least 4 members (excludes halogenated alkanes) is 4. The summed E-state index contributed by atoms with van der Waals surface area (Å²) in [5.74, 6) is -0.193. The highest BCUT2D eigenvalue weighted by Crippen LogP contribution is 2.05. The molecule has 0 fully saturated rings. The minimum atomic E-state index is -0.731. The van der Waals surface area contributed by atoms with Crippen molar-refractivity contribution < 1.29 is 29.2 Å². The van der Waals surface area contributed by atoms with Crippen LogP contribution >= 0.6 is 0 Å². The van der Waals surface area contributed by atoms with Crippen LogP contribution in [-0.4, -0.2) is 61.9 Å². The van der Waals surface area contributed by atoms with Crippen LogP contribution in [0.3, 0.4) is 0 Å². The summed E-state index contributed by atoms with van der Waals surface area (Å²) in [6.45, 7) is 3.01. The summed E-state index contributed by atoms with van der Waals surface area (Å²) in [6, 6.07) is 0. The van der Waals surface area contributed by atoms with E-state index in [-0.39, 0.29) is 45.6 Å². The van der Waals surface area contributed by atoms with E-state index in [2.05, 4.69) is 6.92 Å². The number of ether oxygens (including phenoxy) is 3. The lowest BCUT2D eigenvalue weighted by Crippen LogP contribution is -2.23. The Hall–Kier alpha value is -0.690. The van der Waals surface area contributed by atoms with Gasteiger partial charge >= 0.3 is 5.97 Å². The summed E-state index contributed by atoms with van der Waals surface area (Å²) in [4.78, 5) is 11.4. The van der Waals surface area contributed by atoms with Crippen molar-refractivity contribution in [2.24, 2.45) is 0 Å². The van der Waals surface area contributed by atoms with Crippen LogP contribution in [0.4, 0.5) is 0 Å². The fourth-order valence-electron chi connectivity index (χ4n) is 1.71. The zero-order chi connectivity index (χ0) is 15.8. The summed E-state index contributed by atoms with van der Waals surface area (Å²) in [5.41, 5.74) is 0. The molecule has 0 aliphatic heterocycles. The van der Waals surface area contributed by atoms with Crippen LogP contribution in [0.1, 0.15) is 45.4 Å². The molecule has 6 heteroatoms. The maximum Gasteiger partial charge on any atom is 0.305 e. The summed E-state index contributed by atoms with van der Waals surface area (Å²) in [7, 11) is 0. The fourth-order valence-corrected chi connectivity index (χ4v) is 1.71. The second-order valence-corrected chi connectivity index (χ2v) is 4.91. The number of rotatable bonds is 15. The van der Waals surface area contributed by atoms with Crippen molar-refractivity contribution in [3.63, 3.8) is 0 Å². The maximum absolute atomic E-state index is 11.4. The number of aliphatic hydroxyl groups is 2. The molecule has 0 aliphatic rings. The van der Waals surface area contributed by atoms with E-state index in [1.165, 1.54) is 19.3 Å². The van der Waals surface area contributed by atoms with Crippen molar-refractivity contribution >= 4 is 5.97 Å². The van der Waals surface area contributed by atoms with Crippen LogP contribution in [0, 0.1) is 0 Å². The lowest BCUT2D eigenvalue weighted by Gasteiger charge is -2.11. The van der Waals surface area contributed by atoms with E-state index < -0.39 is 6.10 Å². The molecule has 0 aromatic heterocycles. The number of carbonyl (C=O) groups excluding carboxylic acids is 1. The molecule has 2 N–H and O–H groups in total. The van der Waals surface area contributed by atoms with Crippen molar-refractivity contribution in [3.05, 3.63) is 0 Å². The minimum absolute atomic E-state index is 0.0675. The van der Waals surface area contributed by atoms with E-state index in [1.54, 1.807) is 0 Å². The van der Waals surface area contributed by atoms with Gasteiger partial charge in [0.25, 0.3) is 0 Å². The predicted molar refractivity (Wildman–Crippen MR) is 79.1 cm³/mol. The normalized spacial score (nSPS) is 12.3. The highest BCUT2D eigenvalue weighted by Gasteiger charge is 2.05. The quantitative estimate of drug-likeness (QED) is 0.350. The third-order valence-corrected chi connectivity index (χ3v) is 2.83. The standard InChI is InChI=1S/C15H30O6/c1-2-3-4-5-6-7-15(18)21-11-10-20-13-14(17)12-19-9-8-16/h14,16-17H,2-13H2,1H3. The van der Waals surface area contributed by atoms with Crippen molar-refractivity contribution in [2.45, 2.75) is 51.6 Å². The van der Waals surface area contributed by atoms with Crippen molar-refractivity contribution in [3.8, 4) is 0 Å². The zero-order valence-corrected chi connectivity index (χ0v) is 13.1. The molecular weight excluding hydrogens is 276 g/mol. The van der Waals surface area contributed by atoms with Gasteiger partial charge < -0.3 is 24.4 Å². The smallest absolute Gasteiger partial charge is 0.305 e. The molecule has 1 atom stereocenters. The van der Waals surface area contributed by atoms with Gasteiger partial charge in [0.15, 0.2) is 0 Å². The summed E-state index contributed by atoms with van der Waals surface area (Å²) >= 11 is 0. The highest BCUT2D eigenvalue weighted by atomic mass is 16.6. The topological polar surface area (TPSA) is 85.2 Å². The molecular formula is C15H30O6. The van der Waals surface area contributed by atoms with Gasteiger partial charge in [0.05, 0.1) is 33.0 Å². The number of esters is 1. The van der Waals surface area contributed by atoms with Crippen LogP contribution < -0.4 is 0 Å². The van der Waals surface area contributed by atoms with E-state index in [1.807, 2.05) is 0 Å². The Morgan fingerprint density at radius 3 is 2.33 bits per heavy atom.